The maximum Gasteiger partial charge on any atom is 0.317 e. The van der Waals surface area contributed by atoms with Crippen LogP contribution in [0, 0.1) is 6.92 Å². The molecule has 0 saturated heterocycles. The molecule has 1 aromatic carbocycles. The second kappa shape index (κ2) is 7.09. The molecule has 0 spiro atoms. The average molecular weight is 367 g/mol. The number of rotatable bonds is 4. The van der Waals surface area contributed by atoms with Crippen LogP contribution in [0.4, 0.5) is 4.79 Å². The summed E-state index contributed by atoms with van der Waals surface area (Å²) in [5.41, 5.74) is 2.31. The highest BCUT2D eigenvalue weighted by atomic mass is 79.9. The van der Waals surface area contributed by atoms with Gasteiger partial charge >= 0.3 is 6.03 Å². The molecule has 21 heavy (non-hydrogen) atoms. The lowest BCUT2D eigenvalue weighted by atomic mass is 10.1. The third-order valence-electron chi connectivity index (χ3n) is 3.41. The number of carbonyl (C=O) groups excluding carboxylic acids is 1. The van der Waals surface area contributed by atoms with Crippen molar-refractivity contribution in [3.63, 3.8) is 0 Å². The molecule has 5 heteroatoms. The predicted molar refractivity (Wildman–Crippen MR) is 91.6 cm³/mol. The maximum absolute atomic E-state index is 12.3. The third-order valence-corrected chi connectivity index (χ3v) is 5.14. The van der Waals surface area contributed by atoms with Crippen LogP contribution in [-0.2, 0) is 6.54 Å². The van der Waals surface area contributed by atoms with E-state index in [1.54, 1.807) is 16.2 Å². The van der Waals surface area contributed by atoms with E-state index in [-0.39, 0.29) is 12.1 Å². The van der Waals surface area contributed by atoms with Crippen molar-refractivity contribution in [2.24, 2.45) is 0 Å². The van der Waals surface area contributed by atoms with E-state index in [0.29, 0.717) is 6.54 Å². The number of benzene rings is 1. The number of amides is 2. The third kappa shape index (κ3) is 4.08. The van der Waals surface area contributed by atoms with E-state index >= 15 is 0 Å². The predicted octanol–water partition coefficient (Wildman–Crippen LogP) is 4.72. The molecule has 0 bridgehead atoms. The minimum atomic E-state index is -0.0638. The van der Waals surface area contributed by atoms with Crippen molar-refractivity contribution in [3.8, 4) is 0 Å². The number of aryl methyl sites for hydroxylation is 1. The molecule has 1 unspecified atom stereocenters. The van der Waals surface area contributed by atoms with Crippen LogP contribution in [0.15, 0.2) is 40.2 Å². The van der Waals surface area contributed by atoms with Crippen LogP contribution in [-0.4, -0.2) is 18.0 Å². The fourth-order valence-electron chi connectivity index (χ4n) is 2.05. The molecule has 0 fully saturated rings. The molecule has 0 aliphatic carbocycles. The van der Waals surface area contributed by atoms with Gasteiger partial charge in [0.15, 0.2) is 0 Å². The zero-order chi connectivity index (χ0) is 15.4. The monoisotopic (exact) mass is 366 g/mol. The summed E-state index contributed by atoms with van der Waals surface area (Å²) in [5, 5.41) is 5.09. The Hall–Kier alpha value is -1.33. The van der Waals surface area contributed by atoms with Crippen LogP contribution < -0.4 is 5.32 Å². The largest absolute Gasteiger partial charge is 0.331 e. The summed E-state index contributed by atoms with van der Waals surface area (Å²) >= 11 is 5.20. The van der Waals surface area contributed by atoms with Gasteiger partial charge in [-0.2, -0.15) is 0 Å². The summed E-state index contributed by atoms with van der Waals surface area (Å²) in [5.74, 6) is 0. The minimum absolute atomic E-state index is 0.0417. The Balaban J connectivity index is 1.98. The lowest BCUT2D eigenvalue weighted by Gasteiger charge is -2.22. The number of nitrogens with one attached hydrogen (secondary N) is 1. The number of nitrogens with zero attached hydrogens (tertiary/aromatic N) is 1. The van der Waals surface area contributed by atoms with Crippen molar-refractivity contribution in [1.29, 1.82) is 0 Å². The first kappa shape index (κ1) is 16.0. The van der Waals surface area contributed by atoms with Crippen molar-refractivity contribution in [2.45, 2.75) is 26.4 Å². The Morgan fingerprint density at radius 3 is 2.71 bits per heavy atom. The Kier molecular flexibility index (Phi) is 5.42. The number of thiophene rings is 1. The van der Waals surface area contributed by atoms with Crippen molar-refractivity contribution < 1.29 is 4.79 Å². The highest BCUT2D eigenvalue weighted by Gasteiger charge is 2.16. The fourth-order valence-corrected chi connectivity index (χ4v) is 3.64. The van der Waals surface area contributed by atoms with Gasteiger partial charge in [0, 0.05) is 16.4 Å². The smallest absolute Gasteiger partial charge is 0.317 e. The van der Waals surface area contributed by atoms with Crippen molar-refractivity contribution >= 4 is 33.3 Å². The molecule has 0 aliphatic rings. The van der Waals surface area contributed by atoms with Gasteiger partial charge in [-0.05, 0) is 42.5 Å². The molecule has 0 radical (unpaired) electrons. The summed E-state index contributed by atoms with van der Waals surface area (Å²) in [6.07, 6.45) is 0. The van der Waals surface area contributed by atoms with Gasteiger partial charge in [0.05, 0.1) is 12.6 Å². The van der Waals surface area contributed by atoms with Crippen LogP contribution in [0.2, 0.25) is 0 Å². The van der Waals surface area contributed by atoms with Gasteiger partial charge in [-0.1, -0.05) is 34.1 Å². The van der Waals surface area contributed by atoms with Crippen LogP contribution in [0.3, 0.4) is 0 Å². The topological polar surface area (TPSA) is 32.3 Å². The van der Waals surface area contributed by atoms with Crippen molar-refractivity contribution in [1.82, 2.24) is 10.2 Å². The maximum atomic E-state index is 12.3. The van der Waals surface area contributed by atoms with E-state index in [4.69, 9.17) is 0 Å². The van der Waals surface area contributed by atoms with Gasteiger partial charge in [-0.15, -0.1) is 11.3 Å². The molecular weight excluding hydrogens is 348 g/mol. The summed E-state index contributed by atoms with van der Waals surface area (Å²) in [7, 11) is 1.82. The summed E-state index contributed by atoms with van der Waals surface area (Å²) in [6, 6.07) is 9.91. The number of hydrogen-bond acceptors (Lipinski definition) is 2. The quantitative estimate of drug-likeness (QED) is 0.833. The molecule has 1 N–H and O–H groups in total. The lowest BCUT2D eigenvalue weighted by Crippen LogP contribution is -2.38. The van der Waals surface area contributed by atoms with Gasteiger partial charge < -0.3 is 10.2 Å². The zero-order valence-electron chi connectivity index (χ0n) is 12.4. The molecule has 2 aromatic rings. The standard InChI is InChI=1S/C16H19BrN2OS/c1-11-8-9-21-15(11)10-19(3)16(20)18-12(2)13-6-4-5-7-14(13)17/h4-9,12H,10H2,1-3H3,(H,18,20). The molecule has 1 aromatic heterocycles. The molecule has 112 valence electrons. The Morgan fingerprint density at radius 2 is 2.10 bits per heavy atom. The van der Waals surface area contributed by atoms with E-state index in [1.807, 2.05) is 38.2 Å². The van der Waals surface area contributed by atoms with E-state index in [1.165, 1.54) is 10.4 Å². The highest BCUT2D eigenvalue weighted by molar-refractivity contribution is 9.10. The first-order valence-corrected chi connectivity index (χ1v) is 8.45. The van der Waals surface area contributed by atoms with Gasteiger partial charge in [-0.25, -0.2) is 4.79 Å². The van der Waals surface area contributed by atoms with Gasteiger partial charge in [0.2, 0.25) is 0 Å². The lowest BCUT2D eigenvalue weighted by molar-refractivity contribution is 0.204. The van der Waals surface area contributed by atoms with E-state index in [0.717, 1.165) is 10.0 Å². The highest BCUT2D eigenvalue weighted by Crippen LogP contribution is 2.23. The summed E-state index contributed by atoms with van der Waals surface area (Å²) in [4.78, 5) is 15.2. The first-order chi connectivity index (χ1) is 9.99. The van der Waals surface area contributed by atoms with Gasteiger partial charge in [-0.3, -0.25) is 0 Å². The molecule has 1 heterocycles. The van der Waals surface area contributed by atoms with E-state index in [9.17, 15) is 4.79 Å². The van der Waals surface area contributed by atoms with Crippen LogP contribution >= 0.6 is 27.3 Å². The molecule has 3 nitrogen and oxygen atoms in total. The van der Waals surface area contributed by atoms with E-state index in [2.05, 4.69) is 39.6 Å². The molecule has 1 atom stereocenters. The SMILES string of the molecule is Cc1ccsc1CN(C)C(=O)NC(C)c1ccccc1Br. The number of urea groups is 1. The van der Waals surface area contributed by atoms with Crippen molar-refractivity contribution in [2.75, 3.05) is 7.05 Å². The molecular formula is C16H19BrN2OS. The molecule has 0 aliphatic heterocycles. The molecule has 2 amide bonds. The van der Waals surface area contributed by atoms with Crippen LogP contribution in [0.1, 0.15) is 29.0 Å². The van der Waals surface area contributed by atoms with Gasteiger partial charge in [0.25, 0.3) is 0 Å². The van der Waals surface area contributed by atoms with Crippen LogP contribution in [0.25, 0.3) is 0 Å². The summed E-state index contributed by atoms with van der Waals surface area (Å²) in [6.45, 7) is 4.70. The Labute approximate surface area is 138 Å². The average Bonchev–Trinajstić information content (AvgIpc) is 2.84. The number of hydrogen-bond donors (Lipinski definition) is 1. The van der Waals surface area contributed by atoms with E-state index < -0.39 is 0 Å². The second-order valence-electron chi connectivity index (χ2n) is 5.08. The fraction of sp³-hybridized carbons (Fsp3) is 0.312. The normalized spacial score (nSPS) is 12.0. The number of halogens is 1. The molecule has 0 saturated carbocycles. The second-order valence-corrected chi connectivity index (χ2v) is 6.93. The zero-order valence-corrected chi connectivity index (χ0v) is 14.8. The van der Waals surface area contributed by atoms with Gasteiger partial charge in [0.1, 0.15) is 0 Å². The number of carbonyl (C=O) groups is 1. The van der Waals surface area contributed by atoms with Crippen LogP contribution in [0.5, 0.6) is 0 Å². The Bertz CT molecular complexity index is 626. The first-order valence-electron chi connectivity index (χ1n) is 6.78. The Morgan fingerprint density at radius 1 is 1.38 bits per heavy atom. The molecule has 2 rings (SSSR count). The summed E-state index contributed by atoms with van der Waals surface area (Å²) < 4.78 is 1.01. The van der Waals surface area contributed by atoms with Crippen molar-refractivity contribution in [3.05, 3.63) is 56.2 Å². The minimum Gasteiger partial charge on any atom is -0.331 e.